The number of hydrogen-bond donors (Lipinski definition) is 2. The number of benzene rings is 1. The normalized spacial score (nSPS) is 16.8. The molecule has 146 valence electrons. The van der Waals surface area contributed by atoms with Crippen LogP contribution >= 0.6 is 0 Å². The molecule has 1 aromatic rings. The second-order valence-corrected chi connectivity index (χ2v) is 9.44. The summed E-state index contributed by atoms with van der Waals surface area (Å²) in [4.78, 5) is 4.73. The maximum atomic E-state index is 12.2. The Morgan fingerprint density at radius 1 is 1.15 bits per heavy atom. The first kappa shape index (κ1) is 20.7. The van der Waals surface area contributed by atoms with Crippen molar-refractivity contribution in [2.45, 2.75) is 51.7 Å². The molecule has 2 N–H and O–H groups in total. The molecule has 6 heteroatoms. The van der Waals surface area contributed by atoms with Gasteiger partial charge >= 0.3 is 0 Å². The molecule has 26 heavy (non-hydrogen) atoms. The second-order valence-electron chi connectivity index (χ2n) is 7.26. The lowest BCUT2D eigenvalue weighted by molar-refractivity contribution is 0.139. The van der Waals surface area contributed by atoms with Crippen LogP contribution in [0.2, 0.25) is 0 Å². The molecule has 0 saturated heterocycles. The molecule has 0 amide bonds. The van der Waals surface area contributed by atoms with E-state index in [0.29, 0.717) is 18.4 Å². The summed E-state index contributed by atoms with van der Waals surface area (Å²) in [6, 6.07) is 9.35. The fourth-order valence-electron chi connectivity index (χ4n) is 3.29. The van der Waals surface area contributed by atoms with Gasteiger partial charge in [-0.05, 0) is 43.6 Å². The fourth-order valence-corrected chi connectivity index (χ4v) is 4.72. The van der Waals surface area contributed by atoms with Crippen LogP contribution in [0.3, 0.4) is 0 Å². The Morgan fingerprint density at radius 2 is 1.88 bits per heavy atom. The Labute approximate surface area is 158 Å². The summed E-state index contributed by atoms with van der Waals surface area (Å²) in [7, 11) is -3.08. The molecule has 0 aromatic heterocycles. The van der Waals surface area contributed by atoms with Crippen LogP contribution in [0.15, 0.2) is 35.3 Å². The van der Waals surface area contributed by atoms with Gasteiger partial charge in [-0.15, -0.1) is 0 Å². The van der Waals surface area contributed by atoms with Crippen molar-refractivity contribution in [1.29, 1.82) is 0 Å². The van der Waals surface area contributed by atoms with Gasteiger partial charge in [0.05, 0.1) is 11.5 Å². The topological polar surface area (TPSA) is 70.6 Å². The van der Waals surface area contributed by atoms with Gasteiger partial charge in [0.1, 0.15) is 0 Å². The van der Waals surface area contributed by atoms with Crippen LogP contribution in [0.1, 0.15) is 51.5 Å². The van der Waals surface area contributed by atoms with Gasteiger partial charge in [0.15, 0.2) is 15.8 Å². The highest BCUT2D eigenvalue weighted by Gasteiger charge is 2.34. The van der Waals surface area contributed by atoms with E-state index in [4.69, 9.17) is 4.99 Å². The van der Waals surface area contributed by atoms with Crippen molar-refractivity contribution in [3.63, 3.8) is 0 Å². The number of nitrogens with one attached hydrogen (secondary N) is 2. The predicted octanol–water partition coefficient (Wildman–Crippen LogP) is 3.13. The van der Waals surface area contributed by atoms with Crippen molar-refractivity contribution in [2.24, 2.45) is 10.4 Å². The molecule has 0 aliphatic heterocycles. The molecule has 5 nitrogen and oxygen atoms in total. The molecule has 0 spiro atoms. The maximum Gasteiger partial charge on any atom is 0.191 e. The van der Waals surface area contributed by atoms with Crippen molar-refractivity contribution in [1.82, 2.24) is 10.6 Å². The van der Waals surface area contributed by atoms with Crippen molar-refractivity contribution < 1.29 is 8.42 Å². The monoisotopic (exact) mass is 379 g/mol. The van der Waals surface area contributed by atoms with Gasteiger partial charge in [0.25, 0.3) is 0 Å². The summed E-state index contributed by atoms with van der Waals surface area (Å²) < 4.78 is 24.5. The van der Waals surface area contributed by atoms with E-state index in [1.807, 2.05) is 37.3 Å². The van der Waals surface area contributed by atoms with Crippen LogP contribution in [0.5, 0.6) is 0 Å². The van der Waals surface area contributed by atoms with E-state index in [-0.39, 0.29) is 11.5 Å². The van der Waals surface area contributed by atoms with E-state index in [1.165, 1.54) is 25.7 Å². The minimum absolute atomic E-state index is 0.112. The molecular weight excluding hydrogens is 346 g/mol. The van der Waals surface area contributed by atoms with Crippen LogP contribution in [0.25, 0.3) is 0 Å². The third-order valence-corrected chi connectivity index (χ3v) is 6.92. The number of aliphatic imine (C=N–C) groups is 1. The summed E-state index contributed by atoms with van der Waals surface area (Å²) in [5.41, 5.74) is 1.24. The summed E-state index contributed by atoms with van der Waals surface area (Å²) in [5, 5.41) is 6.53. The summed E-state index contributed by atoms with van der Waals surface area (Å²) in [5.74, 6) is 1.10. The van der Waals surface area contributed by atoms with Crippen molar-refractivity contribution >= 4 is 15.8 Å². The van der Waals surface area contributed by atoms with Gasteiger partial charge in [0.2, 0.25) is 0 Å². The first-order chi connectivity index (χ1) is 12.5. The largest absolute Gasteiger partial charge is 0.357 e. The lowest BCUT2D eigenvalue weighted by atomic mass is 9.67. The van der Waals surface area contributed by atoms with Gasteiger partial charge in [-0.1, -0.05) is 43.7 Å². The highest BCUT2D eigenvalue weighted by Crippen LogP contribution is 2.43. The molecule has 0 bridgehead atoms. The van der Waals surface area contributed by atoms with E-state index in [0.717, 1.165) is 24.6 Å². The van der Waals surface area contributed by atoms with Crippen LogP contribution in [-0.4, -0.2) is 39.8 Å². The predicted molar refractivity (Wildman–Crippen MR) is 109 cm³/mol. The summed E-state index contributed by atoms with van der Waals surface area (Å²) in [6.45, 7) is 6.55. The Balaban J connectivity index is 1.76. The first-order valence-corrected chi connectivity index (χ1v) is 11.6. The zero-order valence-corrected chi connectivity index (χ0v) is 16.9. The molecule has 0 heterocycles. The van der Waals surface area contributed by atoms with Crippen molar-refractivity contribution in [2.75, 3.05) is 25.4 Å². The quantitative estimate of drug-likeness (QED) is 0.372. The maximum absolute atomic E-state index is 12.2. The highest BCUT2D eigenvalue weighted by atomic mass is 32.2. The smallest absolute Gasteiger partial charge is 0.191 e. The van der Waals surface area contributed by atoms with Crippen molar-refractivity contribution in [3.05, 3.63) is 35.9 Å². The number of rotatable bonds is 10. The van der Waals surface area contributed by atoms with Gasteiger partial charge in [0, 0.05) is 19.6 Å². The van der Waals surface area contributed by atoms with E-state index >= 15 is 0 Å². The second kappa shape index (κ2) is 9.95. The van der Waals surface area contributed by atoms with Crippen LogP contribution in [0, 0.1) is 5.41 Å². The van der Waals surface area contributed by atoms with E-state index in [9.17, 15) is 8.42 Å². The van der Waals surface area contributed by atoms with E-state index < -0.39 is 9.84 Å². The Bertz CT molecular complexity index is 662. The third-order valence-electron chi connectivity index (χ3n) is 5.23. The zero-order chi connectivity index (χ0) is 18.9. The van der Waals surface area contributed by atoms with Crippen LogP contribution < -0.4 is 10.6 Å². The van der Waals surface area contributed by atoms with Gasteiger partial charge in [-0.2, -0.15) is 0 Å². The van der Waals surface area contributed by atoms with Gasteiger partial charge < -0.3 is 10.6 Å². The Kier molecular flexibility index (Phi) is 7.94. The Hall–Kier alpha value is -1.56. The zero-order valence-electron chi connectivity index (χ0n) is 16.1. The number of hydrogen-bond acceptors (Lipinski definition) is 3. The first-order valence-electron chi connectivity index (χ1n) is 9.75. The molecular formula is C20H33N3O2S. The average Bonchev–Trinajstić information content (AvgIpc) is 2.58. The lowest BCUT2D eigenvalue weighted by Gasteiger charge is -2.40. The standard InChI is InChI=1S/C20H33N3O2S/c1-3-20(12-8-13-20)17-23-19(21-4-2)22-14-9-15-26(24,25)16-18-10-6-5-7-11-18/h5-7,10-11H,3-4,8-9,12-17H2,1-2H3,(H2,21,22,23). The minimum Gasteiger partial charge on any atom is -0.357 e. The minimum atomic E-state index is -3.08. The third kappa shape index (κ3) is 6.63. The molecule has 2 rings (SSSR count). The summed E-state index contributed by atoms with van der Waals surface area (Å²) >= 11 is 0. The van der Waals surface area contributed by atoms with E-state index in [1.54, 1.807) is 0 Å². The molecule has 1 fully saturated rings. The van der Waals surface area contributed by atoms with E-state index in [2.05, 4.69) is 17.6 Å². The lowest BCUT2D eigenvalue weighted by Crippen LogP contribution is -2.40. The highest BCUT2D eigenvalue weighted by molar-refractivity contribution is 7.90. The number of nitrogens with zero attached hydrogens (tertiary/aromatic N) is 1. The van der Waals surface area contributed by atoms with Gasteiger partial charge in [-0.3, -0.25) is 4.99 Å². The van der Waals surface area contributed by atoms with Crippen molar-refractivity contribution in [3.8, 4) is 0 Å². The summed E-state index contributed by atoms with van der Waals surface area (Å²) in [6.07, 6.45) is 5.60. The molecule has 1 aromatic carbocycles. The molecule has 0 unspecified atom stereocenters. The van der Waals surface area contributed by atoms with Crippen LogP contribution in [-0.2, 0) is 15.6 Å². The molecule has 1 aliphatic carbocycles. The molecule has 0 atom stereocenters. The molecule has 0 radical (unpaired) electrons. The number of guanidine groups is 1. The molecule has 1 saturated carbocycles. The fraction of sp³-hybridized carbons (Fsp3) is 0.650. The molecule has 1 aliphatic rings. The number of sulfone groups is 1. The average molecular weight is 380 g/mol. The SMILES string of the molecule is CCNC(=NCC1(CC)CCC1)NCCCS(=O)(=O)Cc1ccccc1. The van der Waals surface area contributed by atoms with Crippen LogP contribution in [0.4, 0.5) is 0 Å². The van der Waals surface area contributed by atoms with Gasteiger partial charge in [-0.25, -0.2) is 8.42 Å². The Morgan fingerprint density at radius 3 is 2.46 bits per heavy atom.